The van der Waals surface area contributed by atoms with E-state index in [4.69, 9.17) is 9.47 Å². The number of carbonyl (C=O) groups is 2. The average molecular weight is 539 g/mol. The van der Waals surface area contributed by atoms with Crippen LogP contribution >= 0.6 is 0 Å². The van der Waals surface area contributed by atoms with E-state index in [1.54, 1.807) is 18.9 Å². The van der Waals surface area contributed by atoms with Crippen molar-refractivity contribution < 1.29 is 31.9 Å². The predicted molar refractivity (Wildman–Crippen MR) is 132 cm³/mol. The number of nitrogens with one attached hydrogen (secondary N) is 1. The molecule has 4 saturated heterocycles. The summed E-state index contributed by atoms with van der Waals surface area (Å²) in [6.07, 6.45) is 2.84. The molecule has 0 aromatic heterocycles. The van der Waals surface area contributed by atoms with Crippen molar-refractivity contribution >= 4 is 22.0 Å². The van der Waals surface area contributed by atoms with Gasteiger partial charge in [-0.1, -0.05) is 6.92 Å². The second-order valence-corrected chi connectivity index (χ2v) is 12.5. The summed E-state index contributed by atoms with van der Waals surface area (Å²) >= 11 is 0. The van der Waals surface area contributed by atoms with Gasteiger partial charge in [0.1, 0.15) is 12.4 Å². The van der Waals surface area contributed by atoms with E-state index in [1.807, 2.05) is 4.90 Å². The lowest BCUT2D eigenvalue weighted by Gasteiger charge is -2.44. The van der Waals surface area contributed by atoms with Crippen LogP contribution in [0.15, 0.2) is 23.1 Å². The zero-order valence-corrected chi connectivity index (χ0v) is 22.1. The highest BCUT2D eigenvalue weighted by molar-refractivity contribution is 7.89. The van der Waals surface area contributed by atoms with Gasteiger partial charge < -0.3 is 24.6 Å². The van der Waals surface area contributed by atoms with E-state index in [-0.39, 0.29) is 48.2 Å². The van der Waals surface area contributed by atoms with Crippen molar-refractivity contribution in [1.29, 1.82) is 0 Å². The molecule has 4 aliphatic heterocycles. The van der Waals surface area contributed by atoms with Crippen molar-refractivity contribution in [2.24, 2.45) is 0 Å². The minimum Gasteiger partial charge on any atom is -0.373 e. The van der Waals surface area contributed by atoms with Gasteiger partial charge in [0, 0.05) is 33.2 Å². The molecule has 0 aliphatic carbocycles. The number of hydrogen-bond donors (Lipinski definition) is 1. The summed E-state index contributed by atoms with van der Waals surface area (Å²) in [4.78, 5) is 28.6. The van der Waals surface area contributed by atoms with Crippen molar-refractivity contribution in [2.75, 3.05) is 46.4 Å². The molecule has 4 heterocycles. The molecule has 5 rings (SSSR count). The van der Waals surface area contributed by atoms with Crippen LogP contribution in [-0.2, 0) is 30.7 Å². The van der Waals surface area contributed by atoms with Crippen molar-refractivity contribution in [2.45, 2.75) is 67.7 Å². The molecule has 1 N–H and O–H groups in total. The minimum atomic E-state index is -3.81. The van der Waals surface area contributed by atoms with Crippen molar-refractivity contribution in [3.8, 4) is 0 Å². The third kappa shape index (κ3) is 5.08. The van der Waals surface area contributed by atoms with Crippen LogP contribution in [0.25, 0.3) is 0 Å². The first kappa shape index (κ1) is 26.3. The Balaban J connectivity index is 1.18. The molecule has 1 aromatic carbocycles. The van der Waals surface area contributed by atoms with E-state index in [2.05, 4.69) is 5.32 Å². The molecule has 1 aromatic rings. The zero-order chi connectivity index (χ0) is 26.4. The molecule has 4 fully saturated rings. The van der Waals surface area contributed by atoms with E-state index >= 15 is 0 Å². The molecule has 37 heavy (non-hydrogen) atoms. The monoisotopic (exact) mass is 538 g/mol. The maximum atomic E-state index is 13.7. The average Bonchev–Trinajstić information content (AvgIpc) is 3.30. The van der Waals surface area contributed by atoms with Gasteiger partial charge in [-0.15, -0.1) is 0 Å². The molecule has 1 spiro atoms. The van der Waals surface area contributed by atoms with Crippen molar-refractivity contribution in [3.63, 3.8) is 0 Å². The summed E-state index contributed by atoms with van der Waals surface area (Å²) < 4.78 is 53.6. The second-order valence-electron chi connectivity index (χ2n) is 10.5. The highest BCUT2D eigenvalue weighted by Crippen LogP contribution is 2.39. The highest BCUT2D eigenvalue weighted by atomic mass is 32.2. The number of likely N-dealkylation sites (N-methyl/N-ethyl adjacent to an activating group) is 1. The summed E-state index contributed by atoms with van der Waals surface area (Å²) in [5, 5.41) is 2.93. The molecule has 3 amide bonds. The number of nitrogens with zero attached hydrogens (tertiary/aromatic N) is 3. The number of ether oxygens (including phenoxy) is 2. The molecule has 4 aliphatic rings. The van der Waals surface area contributed by atoms with Crippen LogP contribution in [0.2, 0.25) is 0 Å². The van der Waals surface area contributed by atoms with Crippen LogP contribution in [0.1, 0.15) is 38.2 Å². The number of aryl methyl sites for hydroxylation is 1. The zero-order valence-electron chi connectivity index (χ0n) is 21.3. The number of rotatable bonds is 4. The largest absolute Gasteiger partial charge is 0.373 e. The summed E-state index contributed by atoms with van der Waals surface area (Å²) in [5.41, 5.74) is -0.0181. The molecule has 10 nitrogen and oxygen atoms in total. The van der Waals surface area contributed by atoms with Crippen LogP contribution in [0.5, 0.6) is 0 Å². The lowest BCUT2D eigenvalue weighted by atomic mass is 9.87. The number of hydrogen-bond acceptors (Lipinski definition) is 6. The molecule has 204 valence electrons. The minimum absolute atomic E-state index is 0.0493. The highest BCUT2D eigenvalue weighted by Gasteiger charge is 2.47. The SMILES string of the molecule is CCc1cc(F)ccc1S(=O)(=O)N(C)[C@H]1COC2(CCN(C(=O)N3CCC4OCC(=O)N[C@@H]4C3)CC2)C1. The van der Waals surface area contributed by atoms with Gasteiger partial charge >= 0.3 is 6.03 Å². The number of amides is 3. The van der Waals surface area contributed by atoms with Gasteiger partial charge in [0.25, 0.3) is 0 Å². The number of fused-ring (bicyclic) bond motifs is 1. The Morgan fingerprint density at radius 2 is 2.00 bits per heavy atom. The van der Waals surface area contributed by atoms with Gasteiger partial charge in [0.05, 0.1) is 35.3 Å². The van der Waals surface area contributed by atoms with Crippen molar-refractivity contribution in [1.82, 2.24) is 19.4 Å². The van der Waals surface area contributed by atoms with Gasteiger partial charge in [0.2, 0.25) is 15.9 Å². The summed E-state index contributed by atoms with van der Waals surface area (Å²) in [5.74, 6) is -0.607. The second kappa shape index (κ2) is 10.1. The van der Waals surface area contributed by atoms with E-state index in [0.29, 0.717) is 63.8 Å². The van der Waals surface area contributed by atoms with Crippen LogP contribution < -0.4 is 5.32 Å². The first-order chi connectivity index (χ1) is 17.6. The Labute approximate surface area is 217 Å². The Morgan fingerprint density at radius 1 is 1.24 bits per heavy atom. The molecule has 3 atom stereocenters. The summed E-state index contributed by atoms with van der Waals surface area (Å²) in [7, 11) is -2.26. The molecular formula is C25H35FN4O6S. The number of halogens is 1. The van der Waals surface area contributed by atoms with Gasteiger partial charge in [0.15, 0.2) is 0 Å². The van der Waals surface area contributed by atoms with E-state index < -0.39 is 21.4 Å². The Hall–Kier alpha value is -2.28. The number of likely N-dealkylation sites (tertiary alicyclic amines) is 2. The molecule has 0 saturated carbocycles. The van der Waals surface area contributed by atoms with Gasteiger partial charge in [-0.25, -0.2) is 17.6 Å². The third-order valence-corrected chi connectivity index (χ3v) is 10.3. The number of sulfonamides is 1. The van der Waals surface area contributed by atoms with E-state index in [0.717, 1.165) is 0 Å². The summed E-state index contributed by atoms with van der Waals surface area (Å²) in [6.45, 7) is 4.22. The van der Waals surface area contributed by atoms with E-state index in [9.17, 15) is 22.4 Å². The smallest absolute Gasteiger partial charge is 0.320 e. The van der Waals surface area contributed by atoms with Crippen LogP contribution in [-0.4, -0.2) is 105 Å². The number of morpholine rings is 1. The van der Waals surface area contributed by atoms with Crippen molar-refractivity contribution in [3.05, 3.63) is 29.6 Å². The van der Waals surface area contributed by atoms with Gasteiger partial charge in [-0.05, 0) is 55.9 Å². The fourth-order valence-electron chi connectivity index (χ4n) is 6.01. The predicted octanol–water partition coefficient (Wildman–Crippen LogP) is 1.34. The molecule has 1 unspecified atom stereocenters. The first-order valence-corrected chi connectivity index (χ1v) is 14.4. The maximum absolute atomic E-state index is 13.7. The lowest BCUT2D eigenvalue weighted by molar-refractivity contribution is -0.139. The quantitative estimate of drug-likeness (QED) is 0.620. The van der Waals surface area contributed by atoms with Crippen LogP contribution in [0, 0.1) is 5.82 Å². The molecule has 0 bridgehead atoms. The number of piperidine rings is 2. The molecule has 0 radical (unpaired) electrons. The number of carbonyl (C=O) groups excluding carboxylic acids is 2. The Morgan fingerprint density at radius 3 is 2.73 bits per heavy atom. The summed E-state index contributed by atoms with van der Waals surface area (Å²) in [6, 6.07) is 3.22. The number of urea groups is 1. The van der Waals surface area contributed by atoms with E-state index in [1.165, 1.54) is 22.5 Å². The topological polar surface area (TPSA) is 108 Å². The van der Waals surface area contributed by atoms with Crippen LogP contribution in [0.3, 0.4) is 0 Å². The fraction of sp³-hybridized carbons (Fsp3) is 0.680. The molecule has 12 heteroatoms. The first-order valence-electron chi connectivity index (χ1n) is 13.0. The Bertz CT molecular complexity index is 1160. The van der Waals surface area contributed by atoms with Gasteiger partial charge in [-0.2, -0.15) is 4.31 Å². The number of benzene rings is 1. The fourth-order valence-corrected chi connectivity index (χ4v) is 7.62. The standard InChI is InChI=1S/C25H35FN4O6S/c1-3-17-12-18(26)4-5-22(17)37(33,34)28(2)19-13-25(36-15-19)7-10-29(11-8-25)24(32)30-9-6-21-20(14-30)27-23(31)16-35-21/h4-5,12,19-21H,3,6-11,13-16H2,1-2H3,(H,27,31)/t19-,20-,21?/m1/s1. The maximum Gasteiger partial charge on any atom is 0.320 e. The van der Waals surface area contributed by atoms with Crippen LogP contribution in [0.4, 0.5) is 9.18 Å². The third-order valence-electron chi connectivity index (χ3n) is 8.30. The lowest BCUT2D eigenvalue weighted by Crippen LogP contribution is -2.63. The van der Waals surface area contributed by atoms with Gasteiger partial charge in [-0.3, -0.25) is 4.79 Å². The molecular weight excluding hydrogens is 503 g/mol. The normalized spacial score (nSPS) is 27.9. The Kier molecular flexibility index (Phi) is 7.20.